The number of hydrogen-bond donors (Lipinski definition) is 3. The Labute approximate surface area is 116 Å². The van der Waals surface area contributed by atoms with Crippen LogP contribution in [0.3, 0.4) is 0 Å². The highest BCUT2D eigenvalue weighted by molar-refractivity contribution is 7.18. The van der Waals surface area contributed by atoms with Crippen molar-refractivity contribution in [3.05, 3.63) is 10.4 Å². The van der Waals surface area contributed by atoms with Gasteiger partial charge in [-0.05, 0) is 6.42 Å². The Morgan fingerprint density at radius 3 is 2.84 bits per heavy atom. The van der Waals surface area contributed by atoms with E-state index in [1.807, 2.05) is 13.0 Å². The maximum atomic E-state index is 11.9. The number of carbonyl (C=O) groups is 1. The Morgan fingerprint density at radius 1 is 1.53 bits per heavy atom. The van der Waals surface area contributed by atoms with Crippen LogP contribution >= 0.6 is 11.3 Å². The van der Waals surface area contributed by atoms with Crippen LogP contribution < -0.4 is 16.4 Å². The summed E-state index contributed by atoms with van der Waals surface area (Å²) in [6.07, 6.45) is 0.848. The zero-order valence-electron chi connectivity index (χ0n) is 11.1. The molecule has 104 valence electrons. The lowest BCUT2D eigenvalue weighted by Gasteiger charge is -2.02. The van der Waals surface area contributed by atoms with Gasteiger partial charge in [0.25, 0.3) is 5.91 Å². The zero-order chi connectivity index (χ0) is 14.3. The number of nitrogens with zero attached hydrogens (tertiary/aromatic N) is 1. The van der Waals surface area contributed by atoms with Gasteiger partial charge in [-0.25, -0.2) is 0 Å². The van der Waals surface area contributed by atoms with Gasteiger partial charge in [-0.1, -0.05) is 6.92 Å². The summed E-state index contributed by atoms with van der Waals surface area (Å²) in [6, 6.07) is 2.02. The number of hydrogen-bond acceptors (Lipinski definition) is 6. The number of nitrogens with one attached hydrogen (secondary N) is 2. The molecule has 0 radical (unpaired) electrons. The van der Waals surface area contributed by atoms with Gasteiger partial charge in [0, 0.05) is 20.2 Å². The summed E-state index contributed by atoms with van der Waals surface area (Å²) < 4.78 is 4.92. The molecule has 0 fully saturated rings. The van der Waals surface area contributed by atoms with Gasteiger partial charge < -0.3 is 21.1 Å². The van der Waals surface area contributed by atoms with Crippen molar-refractivity contribution < 1.29 is 9.53 Å². The average Bonchev–Trinajstić information content (AvgIpc) is 2.72. The minimum atomic E-state index is -0.236. The Bertz CT molecular complexity index is 479. The molecule has 4 N–H and O–H groups in total. The molecule has 1 aromatic rings. The largest absolute Gasteiger partial charge is 0.396 e. The Balaban J connectivity index is 2.89. The molecular formula is C12H18N4O2S. The molecule has 19 heavy (non-hydrogen) atoms. The second-order valence-electron chi connectivity index (χ2n) is 3.84. The number of thiophene rings is 1. The van der Waals surface area contributed by atoms with Crippen LogP contribution in [0.15, 0.2) is 0 Å². The van der Waals surface area contributed by atoms with Crippen molar-refractivity contribution in [2.45, 2.75) is 13.3 Å². The second-order valence-corrected chi connectivity index (χ2v) is 4.86. The lowest BCUT2D eigenvalue weighted by molar-refractivity contribution is 0.0958. The number of anilines is 2. The molecule has 0 unspecified atom stereocenters. The molecular weight excluding hydrogens is 264 g/mol. The van der Waals surface area contributed by atoms with E-state index >= 15 is 0 Å². The average molecular weight is 282 g/mol. The third-order valence-electron chi connectivity index (χ3n) is 2.39. The summed E-state index contributed by atoms with van der Waals surface area (Å²) >= 11 is 1.19. The smallest absolute Gasteiger partial charge is 0.263 e. The van der Waals surface area contributed by atoms with Gasteiger partial charge in [-0.15, -0.1) is 11.3 Å². The van der Waals surface area contributed by atoms with E-state index in [1.165, 1.54) is 11.3 Å². The number of nitrogen functional groups attached to an aromatic ring is 1. The molecule has 0 atom stereocenters. The molecule has 7 heteroatoms. The number of methoxy groups -OCH3 is 1. The van der Waals surface area contributed by atoms with Gasteiger partial charge in [-0.3, -0.25) is 4.79 Å². The molecule has 6 nitrogen and oxygen atoms in total. The van der Waals surface area contributed by atoms with E-state index in [1.54, 1.807) is 7.11 Å². The summed E-state index contributed by atoms with van der Waals surface area (Å²) in [5.41, 5.74) is 6.41. The lowest BCUT2D eigenvalue weighted by Crippen LogP contribution is -2.23. The number of ether oxygens (including phenoxy) is 1. The second kappa shape index (κ2) is 7.61. The van der Waals surface area contributed by atoms with Crippen LogP contribution in [0.5, 0.6) is 0 Å². The zero-order valence-corrected chi connectivity index (χ0v) is 11.9. The van der Waals surface area contributed by atoms with Crippen LogP contribution in [0.2, 0.25) is 0 Å². The molecule has 0 aromatic carbocycles. The van der Waals surface area contributed by atoms with E-state index in [2.05, 4.69) is 10.6 Å². The van der Waals surface area contributed by atoms with Crippen LogP contribution in [0.25, 0.3) is 0 Å². The van der Waals surface area contributed by atoms with Gasteiger partial charge in [0.05, 0.1) is 12.3 Å². The minimum Gasteiger partial charge on any atom is -0.396 e. The van der Waals surface area contributed by atoms with Crippen LogP contribution in [-0.4, -0.2) is 32.7 Å². The Kier molecular flexibility index (Phi) is 6.12. The third-order valence-corrected chi connectivity index (χ3v) is 3.55. The van der Waals surface area contributed by atoms with Gasteiger partial charge in [0.1, 0.15) is 21.5 Å². The Hall–Kier alpha value is -1.78. The molecule has 0 bridgehead atoms. The number of rotatable bonds is 7. The first-order chi connectivity index (χ1) is 9.15. The molecule has 0 saturated heterocycles. The van der Waals surface area contributed by atoms with Gasteiger partial charge in [0.15, 0.2) is 0 Å². The van der Waals surface area contributed by atoms with Crippen molar-refractivity contribution in [1.29, 1.82) is 5.26 Å². The topological polar surface area (TPSA) is 100 Å². The number of amides is 1. The van der Waals surface area contributed by atoms with Crippen molar-refractivity contribution in [3.63, 3.8) is 0 Å². The van der Waals surface area contributed by atoms with Crippen molar-refractivity contribution in [3.8, 4) is 6.07 Å². The van der Waals surface area contributed by atoms with Gasteiger partial charge >= 0.3 is 0 Å². The van der Waals surface area contributed by atoms with Crippen LogP contribution in [0.4, 0.5) is 10.7 Å². The van der Waals surface area contributed by atoms with Crippen molar-refractivity contribution in [1.82, 2.24) is 5.32 Å². The molecule has 1 amide bonds. The van der Waals surface area contributed by atoms with Gasteiger partial charge in [-0.2, -0.15) is 5.26 Å². The van der Waals surface area contributed by atoms with E-state index in [-0.39, 0.29) is 11.6 Å². The summed E-state index contributed by atoms with van der Waals surface area (Å²) in [4.78, 5) is 12.3. The molecule has 0 aliphatic rings. The highest BCUT2D eigenvalue weighted by atomic mass is 32.1. The van der Waals surface area contributed by atoms with E-state index in [0.717, 1.165) is 6.42 Å². The quantitative estimate of drug-likeness (QED) is 0.656. The fourth-order valence-corrected chi connectivity index (χ4v) is 2.45. The molecule has 0 aliphatic heterocycles. The standard InChI is InChI=1S/C12H18N4O2S/c1-3-4-15-11(17)10-9(14)8(7-13)12(19-10)16-5-6-18-2/h16H,3-6,14H2,1-2H3,(H,15,17). The monoisotopic (exact) mass is 282 g/mol. The van der Waals surface area contributed by atoms with Crippen molar-refractivity contribution in [2.75, 3.05) is 37.9 Å². The first-order valence-corrected chi connectivity index (χ1v) is 6.80. The fourth-order valence-electron chi connectivity index (χ4n) is 1.43. The summed E-state index contributed by atoms with van der Waals surface area (Å²) in [6.45, 7) is 3.63. The summed E-state index contributed by atoms with van der Waals surface area (Å²) in [5.74, 6) is -0.236. The van der Waals surface area contributed by atoms with Crippen LogP contribution in [0, 0.1) is 11.3 Å². The predicted octanol–water partition coefficient (Wildman–Crippen LogP) is 1.40. The predicted molar refractivity (Wildman–Crippen MR) is 76.4 cm³/mol. The molecule has 0 spiro atoms. The molecule has 1 heterocycles. The van der Waals surface area contributed by atoms with Crippen LogP contribution in [0.1, 0.15) is 28.6 Å². The van der Waals surface area contributed by atoms with Gasteiger partial charge in [0.2, 0.25) is 0 Å². The maximum absolute atomic E-state index is 11.9. The highest BCUT2D eigenvalue weighted by Crippen LogP contribution is 2.34. The van der Waals surface area contributed by atoms with Crippen molar-refractivity contribution >= 4 is 27.9 Å². The van der Waals surface area contributed by atoms with E-state index in [0.29, 0.717) is 35.1 Å². The lowest BCUT2D eigenvalue weighted by atomic mass is 10.2. The van der Waals surface area contributed by atoms with Crippen LogP contribution in [-0.2, 0) is 4.74 Å². The van der Waals surface area contributed by atoms with E-state index in [4.69, 9.17) is 15.7 Å². The molecule has 0 saturated carbocycles. The maximum Gasteiger partial charge on any atom is 0.263 e. The first-order valence-electron chi connectivity index (χ1n) is 5.99. The normalized spacial score (nSPS) is 9.95. The highest BCUT2D eigenvalue weighted by Gasteiger charge is 2.20. The summed E-state index contributed by atoms with van der Waals surface area (Å²) in [5, 5.41) is 15.5. The van der Waals surface area contributed by atoms with Crippen molar-refractivity contribution in [2.24, 2.45) is 0 Å². The fraction of sp³-hybridized carbons (Fsp3) is 0.500. The number of nitrogens with two attached hydrogens (primary N) is 1. The van der Waals surface area contributed by atoms with E-state index in [9.17, 15) is 4.79 Å². The SMILES string of the molecule is CCCNC(=O)c1sc(NCCOC)c(C#N)c1N. The third kappa shape index (κ3) is 3.84. The molecule has 1 aromatic heterocycles. The first kappa shape index (κ1) is 15.3. The minimum absolute atomic E-state index is 0.236. The van der Waals surface area contributed by atoms with E-state index < -0.39 is 0 Å². The Morgan fingerprint density at radius 2 is 2.26 bits per heavy atom. The molecule has 1 rings (SSSR count). The number of carbonyl (C=O) groups excluding carboxylic acids is 1. The number of nitriles is 1. The summed E-state index contributed by atoms with van der Waals surface area (Å²) in [7, 11) is 1.60. The molecule has 0 aliphatic carbocycles.